The van der Waals surface area contributed by atoms with Crippen LogP contribution in [0.15, 0.2) is 42.9 Å². The minimum Gasteiger partial charge on any atom is -0.348 e. The van der Waals surface area contributed by atoms with E-state index in [2.05, 4.69) is 28.4 Å². The van der Waals surface area contributed by atoms with Crippen LogP contribution in [0, 0.1) is 13.8 Å². The van der Waals surface area contributed by atoms with Gasteiger partial charge in [-0.15, -0.1) is 0 Å². The Hall–Kier alpha value is -2.89. The molecule has 3 rings (SSSR count). The summed E-state index contributed by atoms with van der Waals surface area (Å²) in [6, 6.07) is 8.02. The molecule has 0 saturated carbocycles. The first-order valence-corrected chi connectivity index (χ1v) is 8.91. The molecule has 1 N–H and O–H groups in total. The third-order valence-electron chi connectivity index (χ3n) is 4.67. The summed E-state index contributed by atoms with van der Waals surface area (Å²) in [5, 5.41) is 7.59. The van der Waals surface area contributed by atoms with Crippen molar-refractivity contribution in [1.29, 1.82) is 0 Å². The van der Waals surface area contributed by atoms with Crippen LogP contribution in [0.25, 0.3) is 5.69 Å². The number of aromatic nitrogens is 4. The summed E-state index contributed by atoms with van der Waals surface area (Å²) in [6.07, 6.45) is 6.20. The van der Waals surface area contributed by atoms with Crippen molar-refractivity contribution >= 4 is 5.91 Å². The molecule has 0 fully saturated rings. The molecule has 3 aromatic rings. The Morgan fingerprint density at radius 3 is 2.77 bits per heavy atom. The summed E-state index contributed by atoms with van der Waals surface area (Å²) in [7, 11) is 0. The van der Waals surface area contributed by atoms with Crippen LogP contribution in [0.1, 0.15) is 42.5 Å². The van der Waals surface area contributed by atoms with Crippen molar-refractivity contribution < 1.29 is 4.79 Å². The lowest BCUT2D eigenvalue weighted by Crippen LogP contribution is -2.30. The van der Waals surface area contributed by atoms with Gasteiger partial charge in [-0.3, -0.25) is 4.79 Å². The number of aryl methyl sites for hydroxylation is 2. The summed E-state index contributed by atoms with van der Waals surface area (Å²) in [5.41, 5.74) is 4.27. The first-order valence-electron chi connectivity index (χ1n) is 8.91. The standard InChI is InChI=1S/C20H25N5O/c1-5-19-21-10-11-24(19)13-20(26)23-15(3)17-12-22-25(16(17)4)18-9-7-6-8-14(18)2/h6-12,15H,5,13H2,1-4H3,(H,23,26)/t15-/m1/s1. The van der Waals surface area contributed by atoms with Gasteiger partial charge in [-0.05, 0) is 32.4 Å². The fourth-order valence-electron chi connectivity index (χ4n) is 3.21. The molecule has 0 radical (unpaired) electrons. The molecule has 0 spiro atoms. The molecule has 1 atom stereocenters. The van der Waals surface area contributed by atoms with E-state index < -0.39 is 0 Å². The molecule has 1 amide bonds. The molecular formula is C20H25N5O. The fourth-order valence-corrected chi connectivity index (χ4v) is 3.21. The van der Waals surface area contributed by atoms with Crippen LogP contribution >= 0.6 is 0 Å². The van der Waals surface area contributed by atoms with Crippen molar-refractivity contribution in [2.24, 2.45) is 0 Å². The molecule has 0 aliphatic heterocycles. The lowest BCUT2D eigenvalue weighted by atomic mass is 10.1. The van der Waals surface area contributed by atoms with Crippen LogP contribution in [0.4, 0.5) is 0 Å². The van der Waals surface area contributed by atoms with Gasteiger partial charge in [0.25, 0.3) is 0 Å². The van der Waals surface area contributed by atoms with Crippen LogP contribution < -0.4 is 5.32 Å². The first kappa shape index (κ1) is 17.9. The Bertz CT molecular complexity index is 909. The Morgan fingerprint density at radius 2 is 2.04 bits per heavy atom. The summed E-state index contributed by atoms with van der Waals surface area (Å²) >= 11 is 0. The lowest BCUT2D eigenvalue weighted by Gasteiger charge is -2.15. The van der Waals surface area contributed by atoms with Crippen molar-refractivity contribution in [2.45, 2.75) is 46.7 Å². The maximum atomic E-state index is 12.4. The van der Waals surface area contributed by atoms with Gasteiger partial charge >= 0.3 is 0 Å². The Balaban J connectivity index is 1.73. The highest BCUT2D eigenvalue weighted by molar-refractivity contribution is 5.76. The predicted octanol–water partition coefficient (Wildman–Crippen LogP) is 3.13. The lowest BCUT2D eigenvalue weighted by molar-refractivity contribution is -0.122. The summed E-state index contributed by atoms with van der Waals surface area (Å²) in [5.74, 6) is 0.879. The van der Waals surface area contributed by atoms with Gasteiger partial charge in [0, 0.05) is 30.1 Å². The van der Waals surface area contributed by atoms with Crippen molar-refractivity contribution in [2.75, 3.05) is 0 Å². The SMILES string of the molecule is CCc1nccn1CC(=O)N[C@H](C)c1cnn(-c2ccccc2C)c1C. The monoisotopic (exact) mass is 351 g/mol. The number of hydrogen-bond donors (Lipinski definition) is 1. The van der Waals surface area contributed by atoms with E-state index in [1.165, 1.54) is 0 Å². The van der Waals surface area contributed by atoms with E-state index in [-0.39, 0.29) is 18.5 Å². The summed E-state index contributed by atoms with van der Waals surface area (Å²) < 4.78 is 3.81. The number of nitrogens with zero attached hydrogens (tertiary/aromatic N) is 4. The van der Waals surface area contributed by atoms with Gasteiger partial charge in [-0.1, -0.05) is 25.1 Å². The Morgan fingerprint density at radius 1 is 1.27 bits per heavy atom. The Kier molecular flexibility index (Phi) is 5.21. The molecule has 6 heteroatoms. The second kappa shape index (κ2) is 7.56. The smallest absolute Gasteiger partial charge is 0.240 e. The first-order chi connectivity index (χ1) is 12.5. The van der Waals surface area contributed by atoms with E-state index in [0.717, 1.165) is 34.8 Å². The number of carbonyl (C=O) groups is 1. The number of imidazole rings is 1. The zero-order valence-electron chi connectivity index (χ0n) is 15.7. The zero-order valence-corrected chi connectivity index (χ0v) is 15.7. The highest BCUT2D eigenvalue weighted by Crippen LogP contribution is 2.21. The van der Waals surface area contributed by atoms with Gasteiger partial charge in [0.1, 0.15) is 12.4 Å². The molecular weight excluding hydrogens is 326 g/mol. The number of hydrogen-bond acceptors (Lipinski definition) is 3. The van der Waals surface area contributed by atoms with E-state index in [4.69, 9.17) is 0 Å². The van der Waals surface area contributed by atoms with E-state index in [0.29, 0.717) is 0 Å². The van der Waals surface area contributed by atoms with Gasteiger partial charge in [0.05, 0.1) is 17.9 Å². The normalized spacial score (nSPS) is 12.2. The second-order valence-corrected chi connectivity index (χ2v) is 6.50. The largest absolute Gasteiger partial charge is 0.348 e. The Labute approximate surface area is 153 Å². The highest BCUT2D eigenvalue weighted by atomic mass is 16.2. The van der Waals surface area contributed by atoms with Crippen molar-refractivity contribution in [1.82, 2.24) is 24.6 Å². The third kappa shape index (κ3) is 3.54. The van der Waals surface area contributed by atoms with Crippen LogP contribution in [0.2, 0.25) is 0 Å². The molecule has 0 bridgehead atoms. The molecule has 1 aromatic carbocycles. The number of amides is 1. The molecule has 136 valence electrons. The molecule has 0 unspecified atom stereocenters. The third-order valence-corrected chi connectivity index (χ3v) is 4.67. The maximum absolute atomic E-state index is 12.4. The van der Waals surface area contributed by atoms with Crippen molar-refractivity contribution in [3.63, 3.8) is 0 Å². The average molecular weight is 351 g/mol. The summed E-state index contributed by atoms with van der Waals surface area (Å²) in [4.78, 5) is 16.7. The highest BCUT2D eigenvalue weighted by Gasteiger charge is 2.17. The maximum Gasteiger partial charge on any atom is 0.240 e. The van der Waals surface area contributed by atoms with Crippen LogP contribution in [0.3, 0.4) is 0 Å². The number of nitrogens with one attached hydrogen (secondary N) is 1. The number of rotatable bonds is 6. The van der Waals surface area contributed by atoms with E-state index in [1.807, 2.05) is 60.6 Å². The quantitative estimate of drug-likeness (QED) is 0.742. The average Bonchev–Trinajstić information content (AvgIpc) is 3.21. The molecule has 26 heavy (non-hydrogen) atoms. The van der Waals surface area contributed by atoms with Gasteiger partial charge < -0.3 is 9.88 Å². The van der Waals surface area contributed by atoms with E-state index in [1.54, 1.807) is 6.20 Å². The van der Waals surface area contributed by atoms with Crippen molar-refractivity contribution in [3.8, 4) is 5.69 Å². The minimum atomic E-state index is -0.117. The second-order valence-electron chi connectivity index (χ2n) is 6.50. The van der Waals surface area contributed by atoms with Gasteiger partial charge in [-0.2, -0.15) is 5.10 Å². The van der Waals surface area contributed by atoms with Crippen LogP contribution in [-0.4, -0.2) is 25.2 Å². The molecule has 0 aliphatic rings. The topological polar surface area (TPSA) is 64.7 Å². The van der Waals surface area contributed by atoms with E-state index in [9.17, 15) is 4.79 Å². The minimum absolute atomic E-state index is 0.0340. The van der Waals surface area contributed by atoms with Crippen molar-refractivity contribution in [3.05, 3.63) is 65.5 Å². The van der Waals surface area contributed by atoms with Crippen LogP contribution in [0.5, 0.6) is 0 Å². The molecule has 0 saturated heterocycles. The molecule has 6 nitrogen and oxygen atoms in total. The molecule has 2 heterocycles. The zero-order chi connectivity index (χ0) is 18.7. The fraction of sp³-hybridized carbons (Fsp3) is 0.350. The van der Waals surface area contributed by atoms with Gasteiger partial charge in [-0.25, -0.2) is 9.67 Å². The number of benzene rings is 1. The van der Waals surface area contributed by atoms with Crippen LogP contribution in [-0.2, 0) is 17.8 Å². The molecule has 2 aromatic heterocycles. The summed E-state index contributed by atoms with van der Waals surface area (Å²) in [6.45, 7) is 8.39. The number of para-hydroxylation sites is 1. The molecule has 0 aliphatic carbocycles. The predicted molar refractivity (Wildman–Crippen MR) is 101 cm³/mol. The number of carbonyl (C=O) groups excluding carboxylic acids is 1. The van der Waals surface area contributed by atoms with Gasteiger partial charge in [0.2, 0.25) is 5.91 Å². The van der Waals surface area contributed by atoms with Gasteiger partial charge in [0.15, 0.2) is 0 Å². The van der Waals surface area contributed by atoms with E-state index >= 15 is 0 Å².